The van der Waals surface area contributed by atoms with Gasteiger partial charge in [-0.15, -0.1) is 0 Å². The number of alkyl halides is 3. The lowest BCUT2D eigenvalue weighted by molar-refractivity contribution is -0.0972. The van der Waals surface area contributed by atoms with E-state index in [1.165, 1.54) is 36.5 Å². The fourth-order valence-corrected chi connectivity index (χ4v) is 2.78. The molecule has 0 bridgehead atoms. The number of carbonyl (C=O) groups excluding carboxylic acids is 2. The third kappa shape index (κ3) is 4.52. The fourth-order valence-electron chi connectivity index (χ4n) is 2.07. The number of Topliss-reactive ketones (excluding diaryl/α,β-unsaturated/α-hetero) is 1. The maximum absolute atomic E-state index is 13.0. The molecule has 2 amide bonds. The molecule has 1 aromatic rings. The van der Waals surface area contributed by atoms with Gasteiger partial charge in [0.15, 0.2) is 17.5 Å². The predicted molar refractivity (Wildman–Crippen MR) is 81.8 cm³/mol. The second-order valence-electron chi connectivity index (χ2n) is 5.26. The van der Waals surface area contributed by atoms with E-state index >= 15 is 0 Å². The number of ketones is 1. The van der Waals surface area contributed by atoms with Crippen molar-refractivity contribution in [2.24, 2.45) is 0 Å². The van der Waals surface area contributed by atoms with Crippen molar-refractivity contribution in [1.29, 1.82) is 0 Å². The minimum atomic E-state index is -5.27. The zero-order valence-electron chi connectivity index (χ0n) is 13.2. The maximum atomic E-state index is 13.0. The molecule has 0 aliphatic carbocycles. The second-order valence-corrected chi connectivity index (χ2v) is 6.62. The first-order valence-electron chi connectivity index (χ1n) is 6.97. The van der Waals surface area contributed by atoms with Crippen molar-refractivity contribution in [3.8, 4) is 5.75 Å². The minimum absolute atomic E-state index is 0.181. The molecule has 1 aliphatic heterocycles. The Hall–Kier alpha value is -2.60. The van der Waals surface area contributed by atoms with Gasteiger partial charge in [0.2, 0.25) is 0 Å². The highest BCUT2D eigenvalue weighted by Crippen LogP contribution is 2.32. The zero-order chi connectivity index (χ0) is 19.7. The molecule has 0 radical (unpaired) electrons. The average molecular weight is 394 g/mol. The summed E-state index contributed by atoms with van der Waals surface area (Å²) in [7, 11) is -5.27. The van der Waals surface area contributed by atoms with Crippen LogP contribution in [0.3, 0.4) is 0 Å². The molecule has 1 aromatic carbocycles. The molecular weight excluding hydrogens is 381 g/mol. The van der Waals surface area contributed by atoms with Crippen LogP contribution in [0, 0.1) is 0 Å². The molecule has 142 valence electrons. The van der Waals surface area contributed by atoms with E-state index in [1.54, 1.807) is 0 Å². The Bertz CT molecular complexity index is 862. The van der Waals surface area contributed by atoms with Crippen LogP contribution in [0.2, 0.25) is 0 Å². The largest absolute Gasteiger partial charge is 0.473 e. The van der Waals surface area contributed by atoms with E-state index < -0.39 is 46.2 Å². The van der Waals surface area contributed by atoms with Gasteiger partial charge in [0, 0.05) is 5.56 Å². The van der Waals surface area contributed by atoms with E-state index in [2.05, 4.69) is 0 Å². The standard InChI is InChI=1S/C14H13F3N2O6S/c1-8(20)9-2-4-10(5-3-9)25-7-19-6-11(14(15,16)17)12(18-13(19)21)26(22,23)24/h2-5H,6-7H2,1H3,(H,18,21)(H,22,23,24). The van der Waals surface area contributed by atoms with Crippen LogP contribution in [0.5, 0.6) is 5.75 Å². The highest BCUT2D eigenvalue weighted by molar-refractivity contribution is 7.89. The third-order valence-electron chi connectivity index (χ3n) is 3.38. The van der Waals surface area contributed by atoms with Crippen LogP contribution >= 0.6 is 0 Å². The number of hydrogen-bond acceptors (Lipinski definition) is 5. The van der Waals surface area contributed by atoms with Gasteiger partial charge in [0.05, 0.1) is 12.1 Å². The summed E-state index contributed by atoms with van der Waals surface area (Å²) in [5.74, 6) is -0.00873. The number of urea groups is 1. The number of amides is 2. The molecule has 26 heavy (non-hydrogen) atoms. The molecular formula is C14H13F3N2O6S. The van der Waals surface area contributed by atoms with Gasteiger partial charge in [-0.1, -0.05) is 0 Å². The Labute approximate surface area is 146 Å². The summed E-state index contributed by atoms with van der Waals surface area (Å²) in [4.78, 5) is 23.5. The van der Waals surface area contributed by atoms with E-state index in [-0.39, 0.29) is 11.5 Å². The van der Waals surface area contributed by atoms with Crippen molar-refractivity contribution in [2.75, 3.05) is 13.3 Å². The Balaban J connectivity index is 2.18. The third-order valence-corrected chi connectivity index (χ3v) is 4.24. The normalized spacial score (nSPS) is 15.7. The number of nitrogens with one attached hydrogen (secondary N) is 1. The van der Waals surface area contributed by atoms with Crippen LogP contribution in [0.4, 0.5) is 18.0 Å². The molecule has 1 heterocycles. The van der Waals surface area contributed by atoms with Gasteiger partial charge in [0.25, 0.3) is 0 Å². The topological polar surface area (TPSA) is 113 Å². The van der Waals surface area contributed by atoms with Crippen molar-refractivity contribution in [3.63, 3.8) is 0 Å². The lowest BCUT2D eigenvalue weighted by Crippen LogP contribution is -2.50. The molecule has 8 nitrogen and oxygen atoms in total. The summed E-state index contributed by atoms with van der Waals surface area (Å²) >= 11 is 0. The summed E-state index contributed by atoms with van der Waals surface area (Å²) in [5, 5.41) is -0.0926. The predicted octanol–water partition coefficient (Wildman–Crippen LogP) is 1.91. The van der Waals surface area contributed by atoms with E-state index in [4.69, 9.17) is 9.29 Å². The molecule has 0 unspecified atom stereocenters. The van der Waals surface area contributed by atoms with Crippen LogP contribution in [0.1, 0.15) is 17.3 Å². The highest BCUT2D eigenvalue weighted by Gasteiger charge is 2.45. The second kappa shape index (κ2) is 6.96. The SMILES string of the molecule is CC(=O)c1ccc(OCN2CC(C(F)(F)F)=C(S(=O)(=O)O)NC2=O)cc1. The molecule has 0 saturated heterocycles. The van der Waals surface area contributed by atoms with Crippen molar-refractivity contribution in [2.45, 2.75) is 13.1 Å². The van der Waals surface area contributed by atoms with Gasteiger partial charge in [0.1, 0.15) is 5.75 Å². The number of rotatable bonds is 5. The summed E-state index contributed by atoms with van der Waals surface area (Å²) < 4.78 is 75.3. The average Bonchev–Trinajstić information content (AvgIpc) is 2.51. The maximum Gasteiger partial charge on any atom is 0.417 e. The van der Waals surface area contributed by atoms with Gasteiger partial charge in [-0.05, 0) is 31.2 Å². The van der Waals surface area contributed by atoms with Crippen molar-refractivity contribution in [1.82, 2.24) is 10.2 Å². The van der Waals surface area contributed by atoms with E-state index in [0.717, 1.165) is 0 Å². The Kier molecular flexibility index (Phi) is 5.28. The number of benzene rings is 1. The highest BCUT2D eigenvalue weighted by atomic mass is 32.2. The van der Waals surface area contributed by atoms with E-state index in [1.807, 2.05) is 0 Å². The minimum Gasteiger partial charge on any atom is -0.473 e. The van der Waals surface area contributed by atoms with E-state index in [9.17, 15) is 31.2 Å². The Morgan fingerprint density at radius 3 is 2.35 bits per heavy atom. The molecule has 0 fully saturated rings. The van der Waals surface area contributed by atoms with Gasteiger partial charge < -0.3 is 4.74 Å². The summed E-state index contributed by atoms with van der Waals surface area (Å²) in [6.07, 6.45) is -5.10. The summed E-state index contributed by atoms with van der Waals surface area (Å²) in [6.45, 7) is -0.398. The molecule has 2 rings (SSSR count). The Morgan fingerprint density at radius 1 is 1.31 bits per heavy atom. The first kappa shape index (κ1) is 19.7. The number of halogens is 3. The number of ether oxygens (including phenoxy) is 1. The van der Waals surface area contributed by atoms with Crippen molar-refractivity contribution in [3.05, 3.63) is 40.4 Å². The van der Waals surface area contributed by atoms with Crippen LogP contribution in [-0.2, 0) is 10.1 Å². The van der Waals surface area contributed by atoms with Crippen molar-refractivity contribution < 1.29 is 40.5 Å². The van der Waals surface area contributed by atoms with E-state index in [0.29, 0.717) is 10.5 Å². The molecule has 12 heteroatoms. The monoisotopic (exact) mass is 394 g/mol. The van der Waals surface area contributed by atoms with Gasteiger partial charge >= 0.3 is 22.3 Å². The first-order chi connectivity index (χ1) is 11.9. The fraction of sp³-hybridized carbons (Fsp3) is 0.286. The quantitative estimate of drug-likeness (QED) is 0.583. The summed E-state index contributed by atoms with van der Waals surface area (Å²) in [5.41, 5.74) is -1.23. The lowest BCUT2D eigenvalue weighted by Gasteiger charge is -2.30. The van der Waals surface area contributed by atoms with Crippen LogP contribution in [0.15, 0.2) is 34.9 Å². The van der Waals surface area contributed by atoms with Crippen LogP contribution in [0.25, 0.3) is 0 Å². The Morgan fingerprint density at radius 2 is 1.88 bits per heavy atom. The van der Waals surface area contributed by atoms with Crippen LogP contribution in [-0.4, -0.2) is 49.1 Å². The van der Waals surface area contributed by atoms with Crippen molar-refractivity contribution >= 4 is 21.9 Å². The molecule has 0 atom stereocenters. The number of carbonyl (C=O) groups is 2. The molecule has 0 spiro atoms. The van der Waals surface area contributed by atoms with Gasteiger partial charge in [-0.3, -0.25) is 19.6 Å². The molecule has 2 N–H and O–H groups in total. The van der Waals surface area contributed by atoms with Gasteiger partial charge in [-0.2, -0.15) is 21.6 Å². The molecule has 0 aromatic heterocycles. The molecule has 0 saturated carbocycles. The van der Waals surface area contributed by atoms with Gasteiger partial charge in [-0.25, -0.2) is 4.79 Å². The van der Waals surface area contributed by atoms with Crippen LogP contribution < -0.4 is 10.1 Å². The number of nitrogens with zero attached hydrogens (tertiary/aromatic N) is 1. The number of hydrogen-bond donors (Lipinski definition) is 2. The summed E-state index contributed by atoms with van der Waals surface area (Å²) in [6, 6.07) is 4.47. The lowest BCUT2D eigenvalue weighted by atomic mass is 10.1. The first-order valence-corrected chi connectivity index (χ1v) is 8.41. The smallest absolute Gasteiger partial charge is 0.417 e. The molecule has 1 aliphatic rings. The zero-order valence-corrected chi connectivity index (χ0v) is 14.0.